The molecule has 3 saturated carbocycles. The molecule has 12 heteroatoms. The molecule has 7 atom stereocenters. The van der Waals surface area contributed by atoms with Crippen molar-refractivity contribution in [3.05, 3.63) is 23.8 Å². The smallest absolute Gasteiger partial charge is 0.457 e. The predicted molar refractivity (Wildman–Crippen MR) is 131 cm³/mol. The van der Waals surface area contributed by atoms with Crippen molar-refractivity contribution in [2.24, 2.45) is 28.6 Å². The second-order valence-electron chi connectivity index (χ2n) is 11.3. The summed E-state index contributed by atoms with van der Waals surface area (Å²) in [6, 6.07) is 0. The third-order valence-electron chi connectivity index (χ3n) is 9.46. The molecule has 216 valence electrons. The number of carbonyl (C=O) groups is 4. The zero-order valence-corrected chi connectivity index (χ0v) is 22.5. The Morgan fingerprint density at radius 3 is 2.59 bits per heavy atom. The van der Waals surface area contributed by atoms with Gasteiger partial charge in [-0.3, -0.25) is 29.6 Å². The van der Waals surface area contributed by atoms with E-state index in [0.717, 1.165) is 12.0 Å². The van der Waals surface area contributed by atoms with Crippen LogP contribution in [0.3, 0.4) is 0 Å². The molecule has 0 unspecified atom stereocenters. The van der Waals surface area contributed by atoms with E-state index in [1.165, 1.54) is 0 Å². The minimum Gasteiger partial charge on any atom is -0.457 e. The Bertz CT molecular complexity index is 1070. The Morgan fingerprint density at radius 1 is 1.15 bits per heavy atom. The molecule has 0 amide bonds. The maximum absolute atomic E-state index is 13.8. The molecule has 0 spiro atoms. The topological polar surface area (TPSA) is 169 Å². The fourth-order valence-electron chi connectivity index (χ4n) is 7.83. The highest BCUT2D eigenvalue weighted by Gasteiger charge is 2.70. The van der Waals surface area contributed by atoms with Crippen LogP contribution in [0.2, 0.25) is 0 Å². The van der Waals surface area contributed by atoms with E-state index >= 15 is 0 Å². The summed E-state index contributed by atoms with van der Waals surface area (Å²) < 4.78 is 16.0. The lowest BCUT2D eigenvalue weighted by Crippen LogP contribution is -2.63. The van der Waals surface area contributed by atoms with Crippen molar-refractivity contribution in [3.8, 4) is 0 Å². The van der Waals surface area contributed by atoms with Crippen LogP contribution in [0.4, 0.5) is 4.79 Å². The third-order valence-corrected chi connectivity index (χ3v) is 9.46. The second-order valence-corrected chi connectivity index (χ2v) is 11.3. The summed E-state index contributed by atoms with van der Waals surface area (Å²) >= 11 is 0. The van der Waals surface area contributed by atoms with Crippen LogP contribution in [0.15, 0.2) is 23.8 Å². The van der Waals surface area contributed by atoms with Crippen LogP contribution in [0.5, 0.6) is 0 Å². The number of ketones is 2. The van der Waals surface area contributed by atoms with Gasteiger partial charge in [-0.1, -0.05) is 25.5 Å². The summed E-state index contributed by atoms with van der Waals surface area (Å²) in [5, 5.41) is 28.3. The van der Waals surface area contributed by atoms with E-state index in [-0.39, 0.29) is 49.4 Å². The minimum atomic E-state index is -1.69. The third kappa shape index (κ3) is 5.16. The average Bonchev–Trinajstić information content (AvgIpc) is 3.14. The Balaban J connectivity index is 1.60. The first-order valence-corrected chi connectivity index (χ1v) is 13.4. The van der Waals surface area contributed by atoms with E-state index in [1.54, 1.807) is 19.1 Å². The molecule has 4 aliphatic rings. The van der Waals surface area contributed by atoms with Crippen molar-refractivity contribution < 1.29 is 53.7 Å². The predicted octanol–water partition coefficient (Wildman–Crippen LogP) is 2.69. The van der Waals surface area contributed by atoms with Crippen molar-refractivity contribution in [3.63, 3.8) is 0 Å². The SMILES string of the molecule is CCOC(=O)O[C@]1(C(=O)COC(=O)CCON(O)O)CC[C@H]2[C@@H]3CCC4=CC(=O)C=C[C@]4(C)[C@H]3[C@@H](O)C[C@@]21C. The van der Waals surface area contributed by atoms with Crippen molar-refractivity contribution in [1.82, 2.24) is 5.39 Å². The molecule has 4 rings (SSSR count). The lowest BCUT2D eigenvalue weighted by Gasteiger charge is -2.59. The van der Waals surface area contributed by atoms with E-state index in [9.17, 15) is 24.3 Å². The second kappa shape index (κ2) is 11.1. The summed E-state index contributed by atoms with van der Waals surface area (Å²) in [5.41, 5.74) is -2.14. The molecule has 4 aliphatic carbocycles. The average molecular weight is 552 g/mol. The molecule has 3 N–H and O–H groups in total. The van der Waals surface area contributed by atoms with E-state index in [0.29, 0.717) is 12.8 Å². The monoisotopic (exact) mass is 551 g/mol. The molecule has 0 bridgehead atoms. The number of Topliss-reactive ketones (excluding diaryl/α,β-unsaturated/α-hetero) is 1. The van der Waals surface area contributed by atoms with Gasteiger partial charge < -0.3 is 19.3 Å². The molecule has 12 nitrogen and oxygen atoms in total. The number of rotatable bonds is 9. The zero-order chi connectivity index (χ0) is 28.6. The molecule has 39 heavy (non-hydrogen) atoms. The molecule has 0 aliphatic heterocycles. The van der Waals surface area contributed by atoms with Crippen molar-refractivity contribution in [2.75, 3.05) is 19.8 Å². The molecule has 0 saturated heterocycles. The number of hydrogen-bond donors (Lipinski definition) is 3. The van der Waals surface area contributed by atoms with E-state index < -0.39 is 59.0 Å². The maximum Gasteiger partial charge on any atom is 0.509 e. The summed E-state index contributed by atoms with van der Waals surface area (Å²) in [7, 11) is 0. The first kappa shape index (κ1) is 29.3. The highest BCUT2D eigenvalue weighted by molar-refractivity contribution is 6.01. The normalized spacial score (nSPS) is 36.9. The molecule has 0 aromatic carbocycles. The number of allylic oxidation sites excluding steroid dienone is 4. The lowest BCUT2D eigenvalue weighted by molar-refractivity contribution is -0.492. The van der Waals surface area contributed by atoms with Crippen LogP contribution in [-0.4, -0.2) is 76.1 Å². The van der Waals surface area contributed by atoms with Crippen LogP contribution in [0.25, 0.3) is 0 Å². The summed E-state index contributed by atoms with van der Waals surface area (Å²) in [5.74, 6) is -1.76. The number of carbonyl (C=O) groups excluding carboxylic acids is 4. The van der Waals surface area contributed by atoms with Gasteiger partial charge in [0.25, 0.3) is 0 Å². The fourth-order valence-corrected chi connectivity index (χ4v) is 7.83. The fraction of sp³-hybridized carbons (Fsp3) is 0.704. The quantitative estimate of drug-likeness (QED) is 0.283. The lowest BCUT2D eigenvalue weighted by atomic mass is 9.46. The van der Waals surface area contributed by atoms with Crippen LogP contribution in [0.1, 0.15) is 59.3 Å². The molecule has 0 aromatic heterocycles. The molecule has 0 heterocycles. The summed E-state index contributed by atoms with van der Waals surface area (Å²) in [6.07, 6.45) is 5.20. The van der Waals surface area contributed by atoms with Gasteiger partial charge in [-0.05, 0) is 63.0 Å². The van der Waals surface area contributed by atoms with Crippen LogP contribution in [0, 0.1) is 28.6 Å². The number of ether oxygens (including phenoxy) is 3. The largest absolute Gasteiger partial charge is 0.509 e. The number of nitrogens with zero attached hydrogens (tertiary/aromatic N) is 1. The Kier molecular flexibility index (Phi) is 8.34. The van der Waals surface area contributed by atoms with Crippen molar-refractivity contribution in [1.29, 1.82) is 0 Å². The van der Waals surface area contributed by atoms with Gasteiger partial charge in [0, 0.05) is 16.7 Å². The van der Waals surface area contributed by atoms with Crippen molar-refractivity contribution >= 4 is 23.7 Å². The van der Waals surface area contributed by atoms with E-state index in [2.05, 4.69) is 4.84 Å². The van der Waals surface area contributed by atoms with Gasteiger partial charge in [0.15, 0.2) is 18.0 Å². The van der Waals surface area contributed by atoms with Gasteiger partial charge in [-0.25, -0.2) is 4.79 Å². The molecular weight excluding hydrogens is 514 g/mol. The van der Waals surface area contributed by atoms with Gasteiger partial charge in [-0.15, -0.1) is 0 Å². The minimum absolute atomic E-state index is 0.00108. The molecular formula is C27H37NO11. The van der Waals surface area contributed by atoms with Gasteiger partial charge in [0.05, 0.1) is 31.1 Å². The van der Waals surface area contributed by atoms with Gasteiger partial charge in [-0.2, -0.15) is 0 Å². The van der Waals surface area contributed by atoms with Crippen molar-refractivity contribution in [2.45, 2.75) is 71.0 Å². The number of aliphatic hydroxyl groups excluding tert-OH is 1. The van der Waals surface area contributed by atoms with E-state index in [1.807, 2.05) is 19.9 Å². The molecule has 0 aromatic rings. The van der Waals surface area contributed by atoms with Crippen LogP contribution in [-0.2, 0) is 33.4 Å². The van der Waals surface area contributed by atoms with E-state index in [4.69, 9.17) is 24.6 Å². The highest BCUT2D eigenvalue weighted by Crippen LogP contribution is 2.68. The number of hydrogen-bond acceptors (Lipinski definition) is 12. The Labute approximate surface area is 226 Å². The highest BCUT2D eigenvalue weighted by atomic mass is 17.1. The Hall–Kier alpha value is -2.64. The standard InChI is InChI=1S/C27H37NO11/c1-4-36-24(33)39-27(21(31)15-37-22(32)9-12-38-28(34)35)11-8-19-18-6-5-16-13-17(29)7-10-25(16,2)23(18)20(30)14-26(19,27)3/h7,10,13,18-20,23,30,34-35H,4-6,8-9,11-12,14-15H2,1-3H3/t18-,19-,20-,23+,25-,26-,27-/m0/s1. The van der Waals surface area contributed by atoms with Crippen LogP contribution >= 0.6 is 0 Å². The molecule has 3 fully saturated rings. The Morgan fingerprint density at radius 2 is 1.90 bits per heavy atom. The van der Waals surface area contributed by atoms with Gasteiger partial charge in [0.1, 0.15) is 0 Å². The zero-order valence-electron chi connectivity index (χ0n) is 22.5. The summed E-state index contributed by atoms with van der Waals surface area (Å²) in [6.45, 7) is 4.47. The first-order valence-electron chi connectivity index (χ1n) is 13.4. The summed E-state index contributed by atoms with van der Waals surface area (Å²) in [4.78, 5) is 54.9. The number of esters is 1. The first-order chi connectivity index (χ1) is 18.4. The number of fused-ring (bicyclic) bond motifs is 5. The number of aliphatic hydroxyl groups is 1. The van der Waals surface area contributed by atoms with Gasteiger partial charge in [0.2, 0.25) is 5.78 Å². The van der Waals surface area contributed by atoms with Gasteiger partial charge >= 0.3 is 12.1 Å². The van der Waals surface area contributed by atoms with Crippen LogP contribution < -0.4 is 0 Å². The maximum atomic E-state index is 13.8. The molecule has 0 radical (unpaired) electrons.